The topological polar surface area (TPSA) is 140 Å². The Morgan fingerprint density at radius 1 is 1.10 bits per heavy atom. The van der Waals surface area contributed by atoms with Gasteiger partial charge in [0.2, 0.25) is 11.8 Å². The summed E-state index contributed by atoms with van der Waals surface area (Å²) in [6.07, 6.45) is 3.26. The summed E-state index contributed by atoms with van der Waals surface area (Å²) in [7, 11) is 1.74. The molecule has 29 heavy (non-hydrogen) atoms. The number of hydrogen-bond acceptors (Lipinski definition) is 5. The maximum absolute atomic E-state index is 12.7. The number of benzene rings is 1. The van der Waals surface area contributed by atoms with Gasteiger partial charge in [0.25, 0.3) is 0 Å². The van der Waals surface area contributed by atoms with Gasteiger partial charge in [0.05, 0.1) is 18.3 Å². The van der Waals surface area contributed by atoms with E-state index in [9.17, 15) is 19.5 Å². The molecule has 0 saturated carbocycles. The van der Waals surface area contributed by atoms with Crippen molar-refractivity contribution in [2.75, 3.05) is 0 Å². The molecule has 0 bridgehead atoms. The molecule has 1 aromatic carbocycles. The summed E-state index contributed by atoms with van der Waals surface area (Å²) in [4.78, 5) is 40.2. The van der Waals surface area contributed by atoms with Crippen LogP contribution in [0.15, 0.2) is 42.9 Å². The number of rotatable bonds is 9. The molecule has 9 nitrogen and oxygen atoms in total. The van der Waals surface area contributed by atoms with E-state index in [0.29, 0.717) is 5.69 Å². The van der Waals surface area contributed by atoms with Gasteiger partial charge in [-0.2, -0.15) is 0 Å². The molecule has 0 fully saturated rings. The number of carbonyl (C=O) groups is 3. The van der Waals surface area contributed by atoms with E-state index in [-0.39, 0.29) is 29.9 Å². The van der Waals surface area contributed by atoms with Crippen LogP contribution in [-0.4, -0.2) is 45.5 Å². The van der Waals surface area contributed by atoms with E-state index in [2.05, 4.69) is 15.6 Å². The number of carboxylic acid groups (broad SMARTS) is 1. The third-order valence-corrected chi connectivity index (χ3v) is 4.24. The zero-order chi connectivity index (χ0) is 20.7. The van der Waals surface area contributed by atoms with E-state index in [4.69, 9.17) is 5.73 Å². The molecule has 1 aromatic heterocycles. The molecule has 1 heterocycles. The Kier molecular flexibility index (Phi) is 9.53. The Hall–Kier alpha value is -2.68. The molecule has 2 amide bonds. The van der Waals surface area contributed by atoms with Gasteiger partial charge in [0.1, 0.15) is 6.04 Å². The number of imidazole rings is 1. The van der Waals surface area contributed by atoms with Crippen LogP contribution in [0.3, 0.4) is 0 Å². The van der Waals surface area contributed by atoms with Crippen molar-refractivity contribution in [3.63, 3.8) is 0 Å². The predicted octanol–water partition coefficient (Wildman–Crippen LogP) is -0.637. The number of nitrogens with one attached hydrogen (secondary N) is 3. The Bertz CT molecular complexity index is 825. The fourth-order valence-corrected chi connectivity index (χ4v) is 2.61. The van der Waals surface area contributed by atoms with Crippen molar-refractivity contribution in [1.29, 1.82) is 0 Å². The van der Waals surface area contributed by atoms with E-state index in [1.54, 1.807) is 54.5 Å². The van der Waals surface area contributed by atoms with Crippen LogP contribution >= 0.6 is 0 Å². The minimum Gasteiger partial charge on any atom is -0.667 e. The van der Waals surface area contributed by atoms with Gasteiger partial charge in [0.15, 0.2) is 0 Å². The SMILES string of the molecule is CC([NH-])C(=O)NC(Cc1cncn1C)C(=O)NC(Cc1ccccc1)C(=O)[O-].[Cu+2]. The molecule has 3 N–H and O–H groups in total. The van der Waals surface area contributed by atoms with Gasteiger partial charge in [-0.05, 0) is 12.0 Å². The number of nitrogens with zero attached hydrogens (tertiary/aromatic N) is 2. The Morgan fingerprint density at radius 3 is 2.24 bits per heavy atom. The van der Waals surface area contributed by atoms with Crippen molar-refractivity contribution in [3.8, 4) is 0 Å². The number of aromatic nitrogens is 2. The molecule has 159 valence electrons. The average molecular weight is 449 g/mol. The number of aliphatic carboxylic acids is 1. The Morgan fingerprint density at radius 2 is 1.72 bits per heavy atom. The second kappa shape index (κ2) is 11.4. The number of carbonyl (C=O) groups excluding carboxylic acids is 3. The second-order valence-electron chi connectivity index (χ2n) is 6.55. The molecule has 0 aliphatic rings. The van der Waals surface area contributed by atoms with Crippen LogP contribution in [0.1, 0.15) is 18.2 Å². The van der Waals surface area contributed by atoms with Crippen molar-refractivity contribution in [1.82, 2.24) is 20.2 Å². The molecule has 3 atom stereocenters. The predicted molar refractivity (Wildman–Crippen MR) is 99.7 cm³/mol. The monoisotopic (exact) mass is 448 g/mol. The molecule has 0 spiro atoms. The summed E-state index contributed by atoms with van der Waals surface area (Å²) >= 11 is 0. The molecule has 0 aliphatic carbocycles. The molecule has 0 saturated heterocycles. The zero-order valence-corrected chi connectivity index (χ0v) is 17.0. The smallest absolute Gasteiger partial charge is 0.667 e. The standard InChI is InChI=1S/C19H24N5O4.Cu/c1-12(20)17(25)22-15(9-14-10-21-11-24(14)2)18(26)23-16(19(27)28)8-13-6-4-3-5-7-13;/h3-7,10-12,15-16,20H,8-9H2,1-2H3,(H,22,25)(H,23,26)(H,27,28);/q-1;+2/p-1. The van der Waals surface area contributed by atoms with Crippen LogP contribution in [0.5, 0.6) is 0 Å². The molecule has 10 heteroatoms. The number of amides is 2. The summed E-state index contributed by atoms with van der Waals surface area (Å²) < 4.78 is 1.69. The van der Waals surface area contributed by atoms with Crippen LogP contribution in [0, 0.1) is 0 Å². The van der Waals surface area contributed by atoms with E-state index in [0.717, 1.165) is 5.56 Å². The zero-order valence-electron chi connectivity index (χ0n) is 16.0. The van der Waals surface area contributed by atoms with E-state index < -0.39 is 35.9 Å². The molecule has 0 aliphatic heterocycles. The summed E-state index contributed by atoms with van der Waals surface area (Å²) in [5.74, 6) is -2.72. The molecule has 1 radical (unpaired) electrons. The van der Waals surface area contributed by atoms with Gasteiger partial charge in [-0.1, -0.05) is 43.3 Å². The van der Waals surface area contributed by atoms with E-state index in [1.165, 1.54) is 6.92 Å². The Labute approximate surface area is 179 Å². The Balaban J connectivity index is 0.00000420. The van der Waals surface area contributed by atoms with Crippen LogP contribution in [-0.2, 0) is 51.3 Å². The summed E-state index contributed by atoms with van der Waals surface area (Å²) in [6, 6.07) is 5.47. The molecule has 2 aromatic rings. The van der Waals surface area contributed by atoms with E-state index in [1.807, 2.05) is 0 Å². The van der Waals surface area contributed by atoms with Crippen LogP contribution < -0.4 is 15.7 Å². The molecular weight excluding hydrogens is 426 g/mol. The largest absolute Gasteiger partial charge is 2.00 e. The first-order chi connectivity index (χ1) is 13.3. The van der Waals surface area contributed by atoms with E-state index >= 15 is 0 Å². The van der Waals surface area contributed by atoms with Crippen molar-refractivity contribution < 1.29 is 36.6 Å². The van der Waals surface area contributed by atoms with Gasteiger partial charge < -0.3 is 30.8 Å². The number of hydrogen-bond donors (Lipinski definition) is 2. The van der Waals surface area contributed by atoms with Gasteiger partial charge in [-0.3, -0.25) is 9.59 Å². The first-order valence-electron chi connectivity index (χ1n) is 8.79. The maximum atomic E-state index is 12.7. The second-order valence-corrected chi connectivity index (χ2v) is 6.55. The molecular formula is C19H23CuN5O4. The van der Waals surface area contributed by atoms with Crippen LogP contribution in [0.25, 0.3) is 5.73 Å². The normalized spacial score (nSPS) is 13.5. The summed E-state index contributed by atoms with van der Waals surface area (Å²) in [5.41, 5.74) is 8.90. The fraction of sp³-hybridized carbons (Fsp3) is 0.368. The minimum atomic E-state index is -1.42. The fourth-order valence-electron chi connectivity index (χ4n) is 2.61. The quantitative estimate of drug-likeness (QED) is 0.491. The van der Waals surface area contributed by atoms with Crippen LogP contribution in [0.4, 0.5) is 0 Å². The van der Waals surface area contributed by atoms with Crippen molar-refractivity contribution in [2.24, 2.45) is 7.05 Å². The van der Waals surface area contributed by atoms with Gasteiger partial charge in [-0.15, -0.1) is 0 Å². The maximum Gasteiger partial charge on any atom is 2.00 e. The molecule has 3 unspecified atom stereocenters. The third-order valence-electron chi connectivity index (χ3n) is 4.24. The van der Waals surface area contributed by atoms with Crippen molar-refractivity contribution in [3.05, 3.63) is 59.8 Å². The minimum absolute atomic E-state index is 0. The number of carboxylic acids is 1. The van der Waals surface area contributed by atoms with Crippen molar-refractivity contribution >= 4 is 17.8 Å². The van der Waals surface area contributed by atoms with Gasteiger partial charge in [-0.25, -0.2) is 4.98 Å². The first-order valence-corrected chi connectivity index (χ1v) is 8.79. The number of aryl methyl sites for hydroxylation is 1. The average Bonchev–Trinajstić information content (AvgIpc) is 3.05. The van der Waals surface area contributed by atoms with Gasteiger partial charge >= 0.3 is 17.1 Å². The summed E-state index contributed by atoms with van der Waals surface area (Å²) in [5, 5.41) is 16.4. The first kappa shape index (κ1) is 24.4. The van der Waals surface area contributed by atoms with Crippen LogP contribution in [0.2, 0.25) is 0 Å². The van der Waals surface area contributed by atoms with Gasteiger partial charge in [0, 0.05) is 25.4 Å². The third kappa shape index (κ3) is 7.34. The van der Waals surface area contributed by atoms with Crippen molar-refractivity contribution in [2.45, 2.75) is 37.9 Å². The molecule has 2 rings (SSSR count). The summed E-state index contributed by atoms with van der Waals surface area (Å²) in [6.45, 7) is 1.38.